The van der Waals surface area contributed by atoms with Crippen LogP contribution in [0.1, 0.15) is 22.4 Å². The summed E-state index contributed by atoms with van der Waals surface area (Å²) in [4.78, 5) is 13.8. The molecule has 26 heavy (non-hydrogen) atoms. The molecule has 4 rings (SSSR count). The number of fused-ring (bicyclic) bond motifs is 2. The van der Waals surface area contributed by atoms with Gasteiger partial charge in [0.05, 0.1) is 5.69 Å². The minimum Gasteiger partial charge on any atom is -0.368 e. The van der Waals surface area contributed by atoms with Crippen LogP contribution in [0.4, 0.5) is 11.8 Å². The van der Waals surface area contributed by atoms with Crippen molar-refractivity contribution >= 4 is 11.8 Å². The van der Waals surface area contributed by atoms with Crippen LogP contribution in [0.5, 0.6) is 0 Å². The lowest BCUT2D eigenvalue weighted by molar-refractivity contribution is 0.219. The number of hydrogen-bond donors (Lipinski definition) is 2. The van der Waals surface area contributed by atoms with Gasteiger partial charge in [0.2, 0.25) is 5.95 Å². The summed E-state index contributed by atoms with van der Waals surface area (Å²) in [5.74, 6) is 1.39. The van der Waals surface area contributed by atoms with Crippen LogP contribution < -0.4 is 16.0 Å². The summed E-state index contributed by atoms with van der Waals surface area (Å²) in [6.45, 7) is 3.86. The molecule has 3 heterocycles. The zero-order valence-electron chi connectivity index (χ0n) is 15.7. The molecule has 0 spiro atoms. The Morgan fingerprint density at radius 1 is 1.19 bits per heavy atom. The average Bonchev–Trinajstić information content (AvgIpc) is 2.87. The monoisotopic (exact) mass is 352 g/mol. The van der Waals surface area contributed by atoms with Crippen molar-refractivity contribution in [1.29, 1.82) is 0 Å². The number of nitrogen functional groups attached to an aromatic ring is 1. The van der Waals surface area contributed by atoms with E-state index in [4.69, 9.17) is 5.73 Å². The molecule has 1 atom stereocenters. The molecule has 0 radical (unpaired) electrons. The van der Waals surface area contributed by atoms with Gasteiger partial charge in [-0.3, -0.25) is 4.90 Å². The molecule has 1 aromatic carbocycles. The Morgan fingerprint density at radius 3 is 2.81 bits per heavy atom. The Labute approximate surface area is 155 Å². The number of nitrogens with one attached hydrogen (secondary N) is 1. The number of nitrogens with zero attached hydrogens (tertiary/aromatic N) is 4. The van der Waals surface area contributed by atoms with Crippen molar-refractivity contribution in [2.24, 2.45) is 0 Å². The van der Waals surface area contributed by atoms with Gasteiger partial charge in [-0.25, -0.2) is 4.98 Å². The first-order chi connectivity index (χ1) is 12.6. The Hall–Kier alpha value is -2.18. The lowest BCUT2D eigenvalue weighted by Gasteiger charge is -2.37. The highest BCUT2D eigenvalue weighted by Gasteiger charge is 2.26. The Morgan fingerprint density at radius 2 is 1.96 bits per heavy atom. The zero-order chi connectivity index (χ0) is 18.1. The van der Waals surface area contributed by atoms with Crippen LogP contribution in [0.2, 0.25) is 0 Å². The van der Waals surface area contributed by atoms with E-state index in [9.17, 15) is 0 Å². The molecule has 3 N–H and O–H groups in total. The van der Waals surface area contributed by atoms with Crippen LogP contribution in [0.25, 0.3) is 0 Å². The molecule has 0 fully saturated rings. The fourth-order valence-electron chi connectivity index (χ4n) is 4.18. The standard InChI is InChI=1S/C20H28N6/c1-25-12-15-6-4-3-5-14(15)11-16(25)13-26(2)19-17-7-9-22-10-8-18(17)23-20(21)24-19/h3-6,16,22H,7-13H2,1-2H3,(H2,21,23,24)/t16-/m1/s1. The molecule has 0 aliphatic carbocycles. The molecule has 1 aromatic heterocycles. The minimum absolute atomic E-state index is 0.384. The Bertz CT molecular complexity index is 790. The lowest BCUT2D eigenvalue weighted by Crippen LogP contribution is -2.45. The van der Waals surface area contributed by atoms with E-state index in [1.54, 1.807) is 0 Å². The molecule has 2 aliphatic heterocycles. The first-order valence-corrected chi connectivity index (χ1v) is 9.46. The third-order valence-corrected chi connectivity index (χ3v) is 5.64. The van der Waals surface area contributed by atoms with E-state index in [1.165, 1.54) is 16.7 Å². The molecule has 2 aliphatic rings. The van der Waals surface area contributed by atoms with Gasteiger partial charge in [0.1, 0.15) is 5.82 Å². The maximum atomic E-state index is 6.02. The van der Waals surface area contributed by atoms with E-state index in [0.717, 1.165) is 57.0 Å². The highest BCUT2D eigenvalue weighted by Crippen LogP contribution is 2.26. The third-order valence-electron chi connectivity index (χ3n) is 5.64. The van der Waals surface area contributed by atoms with Gasteiger partial charge in [-0.2, -0.15) is 4.98 Å². The zero-order valence-corrected chi connectivity index (χ0v) is 15.7. The number of benzene rings is 1. The molecule has 0 bridgehead atoms. The molecule has 0 amide bonds. The van der Waals surface area contributed by atoms with Crippen molar-refractivity contribution in [3.8, 4) is 0 Å². The SMILES string of the molecule is CN(C[C@H]1Cc2ccccc2CN1C)c1nc(N)nc2c1CCNCC2. The predicted octanol–water partition coefficient (Wildman–Crippen LogP) is 1.24. The number of nitrogens with two attached hydrogens (primary N) is 1. The van der Waals surface area contributed by atoms with Crippen molar-refractivity contribution in [2.75, 3.05) is 44.4 Å². The van der Waals surface area contributed by atoms with Crippen LogP contribution >= 0.6 is 0 Å². The normalized spacial score (nSPS) is 20.2. The molecule has 6 nitrogen and oxygen atoms in total. The lowest BCUT2D eigenvalue weighted by atomic mass is 9.94. The molecule has 6 heteroatoms. The van der Waals surface area contributed by atoms with E-state index in [0.29, 0.717) is 12.0 Å². The number of anilines is 2. The molecular formula is C20H28N6. The van der Waals surface area contributed by atoms with Crippen LogP contribution in [-0.4, -0.2) is 54.6 Å². The minimum atomic E-state index is 0.384. The van der Waals surface area contributed by atoms with Crippen LogP contribution in [-0.2, 0) is 25.8 Å². The van der Waals surface area contributed by atoms with Crippen molar-refractivity contribution in [3.63, 3.8) is 0 Å². The second kappa shape index (κ2) is 7.21. The summed E-state index contributed by atoms with van der Waals surface area (Å²) in [6.07, 6.45) is 2.94. The Balaban J connectivity index is 1.57. The fraction of sp³-hybridized carbons (Fsp3) is 0.500. The van der Waals surface area contributed by atoms with Gasteiger partial charge in [0.25, 0.3) is 0 Å². The van der Waals surface area contributed by atoms with E-state index < -0.39 is 0 Å². The highest BCUT2D eigenvalue weighted by molar-refractivity contribution is 5.52. The largest absolute Gasteiger partial charge is 0.368 e. The van der Waals surface area contributed by atoms with Gasteiger partial charge >= 0.3 is 0 Å². The summed E-state index contributed by atoms with van der Waals surface area (Å²) in [5.41, 5.74) is 11.3. The predicted molar refractivity (Wildman–Crippen MR) is 105 cm³/mol. The Kier molecular flexibility index (Phi) is 4.78. The van der Waals surface area contributed by atoms with Gasteiger partial charge in [0.15, 0.2) is 0 Å². The third kappa shape index (κ3) is 3.39. The van der Waals surface area contributed by atoms with E-state index in [-0.39, 0.29) is 0 Å². The summed E-state index contributed by atoms with van der Waals surface area (Å²) >= 11 is 0. The van der Waals surface area contributed by atoms with Crippen molar-refractivity contribution in [3.05, 3.63) is 46.6 Å². The first kappa shape index (κ1) is 17.2. The number of rotatable bonds is 3. The van der Waals surface area contributed by atoms with Gasteiger partial charge in [0, 0.05) is 44.7 Å². The van der Waals surface area contributed by atoms with Gasteiger partial charge in [-0.05, 0) is 37.6 Å². The van der Waals surface area contributed by atoms with E-state index in [1.807, 2.05) is 0 Å². The van der Waals surface area contributed by atoms with Gasteiger partial charge in [-0.15, -0.1) is 0 Å². The van der Waals surface area contributed by atoms with Crippen LogP contribution in [0.15, 0.2) is 24.3 Å². The molecule has 138 valence electrons. The second-order valence-electron chi connectivity index (χ2n) is 7.50. The van der Waals surface area contributed by atoms with Crippen LogP contribution in [0.3, 0.4) is 0 Å². The molecule has 0 saturated heterocycles. The van der Waals surface area contributed by atoms with E-state index in [2.05, 4.69) is 63.4 Å². The smallest absolute Gasteiger partial charge is 0.222 e. The van der Waals surface area contributed by atoms with Crippen molar-refractivity contribution in [1.82, 2.24) is 20.2 Å². The molecular weight excluding hydrogens is 324 g/mol. The fourth-order valence-corrected chi connectivity index (χ4v) is 4.18. The highest BCUT2D eigenvalue weighted by atomic mass is 15.2. The second-order valence-corrected chi connectivity index (χ2v) is 7.50. The summed E-state index contributed by atoms with van der Waals surface area (Å²) in [6, 6.07) is 9.24. The van der Waals surface area contributed by atoms with Crippen molar-refractivity contribution < 1.29 is 0 Å². The molecule has 2 aromatic rings. The van der Waals surface area contributed by atoms with Crippen molar-refractivity contribution in [2.45, 2.75) is 31.8 Å². The molecule has 0 saturated carbocycles. The summed E-state index contributed by atoms with van der Waals surface area (Å²) < 4.78 is 0. The number of aromatic nitrogens is 2. The quantitative estimate of drug-likeness (QED) is 0.866. The van der Waals surface area contributed by atoms with Crippen LogP contribution in [0, 0.1) is 0 Å². The summed E-state index contributed by atoms with van der Waals surface area (Å²) in [5, 5.41) is 3.44. The summed E-state index contributed by atoms with van der Waals surface area (Å²) in [7, 11) is 4.35. The average molecular weight is 352 g/mol. The van der Waals surface area contributed by atoms with Gasteiger partial charge in [-0.1, -0.05) is 24.3 Å². The number of hydrogen-bond acceptors (Lipinski definition) is 6. The molecule has 0 unspecified atom stereocenters. The maximum Gasteiger partial charge on any atom is 0.222 e. The number of likely N-dealkylation sites (N-methyl/N-ethyl adjacent to an activating group) is 2. The van der Waals surface area contributed by atoms with E-state index >= 15 is 0 Å². The first-order valence-electron chi connectivity index (χ1n) is 9.46. The topological polar surface area (TPSA) is 70.3 Å². The van der Waals surface area contributed by atoms with Gasteiger partial charge < -0.3 is 16.0 Å². The maximum absolute atomic E-state index is 6.02.